The van der Waals surface area contributed by atoms with Crippen molar-refractivity contribution in [1.82, 2.24) is 5.32 Å². The van der Waals surface area contributed by atoms with Crippen LogP contribution in [0.3, 0.4) is 0 Å². The fourth-order valence-corrected chi connectivity index (χ4v) is 3.55. The number of nitrogens with zero attached hydrogens (tertiary/aromatic N) is 2. The molecule has 0 fully saturated rings. The second-order valence-electron chi connectivity index (χ2n) is 8.04. The van der Waals surface area contributed by atoms with Crippen molar-refractivity contribution in [3.63, 3.8) is 0 Å². The Morgan fingerprint density at radius 2 is 1.77 bits per heavy atom. The van der Waals surface area contributed by atoms with Crippen molar-refractivity contribution in [2.45, 2.75) is 37.8 Å². The second kappa shape index (κ2) is 11.7. The maximum Gasteiger partial charge on any atom is 0.326 e. The zero-order chi connectivity index (χ0) is 25.4. The molecule has 0 radical (unpaired) electrons. The number of guanidine groups is 1. The number of amides is 2. The second-order valence-corrected chi connectivity index (χ2v) is 8.04. The monoisotopic (exact) mass is 480 g/mol. The van der Waals surface area contributed by atoms with Crippen LogP contribution in [0, 0.1) is 0 Å². The molecule has 2 aromatic carbocycles. The number of fused-ring (bicyclic) bond motifs is 1. The molecule has 11 heteroatoms. The van der Waals surface area contributed by atoms with E-state index in [0.717, 1.165) is 0 Å². The Balaban J connectivity index is 1.52. The van der Waals surface area contributed by atoms with Crippen LogP contribution in [-0.4, -0.2) is 52.3 Å². The number of rotatable bonds is 11. The Kier molecular flexibility index (Phi) is 8.52. The molecule has 0 aromatic heterocycles. The van der Waals surface area contributed by atoms with Crippen molar-refractivity contribution in [2.75, 3.05) is 11.9 Å². The number of carboxylic acids is 1. The van der Waals surface area contributed by atoms with Crippen molar-refractivity contribution in [3.8, 4) is 0 Å². The van der Waals surface area contributed by atoms with Gasteiger partial charge in [0, 0.05) is 30.6 Å². The number of nitrogens with two attached hydrogens (primary N) is 2. The molecule has 2 atom stereocenters. The van der Waals surface area contributed by atoms with Crippen LogP contribution in [0.5, 0.6) is 0 Å². The van der Waals surface area contributed by atoms with Gasteiger partial charge in [0.2, 0.25) is 5.91 Å². The summed E-state index contributed by atoms with van der Waals surface area (Å²) >= 11 is 0. The number of anilines is 1. The van der Waals surface area contributed by atoms with Crippen LogP contribution in [-0.2, 0) is 20.8 Å². The van der Waals surface area contributed by atoms with Gasteiger partial charge >= 0.3 is 5.97 Å². The maximum absolute atomic E-state index is 12.6. The van der Waals surface area contributed by atoms with Crippen LogP contribution < -0.4 is 22.1 Å². The average Bonchev–Trinajstić information content (AvgIpc) is 3.16. The van der Waals surface area contributed by atoms with Crippen molar-refractivity contribution >= 4 is 40.8 Å². The van der Waals surface area contributed by atoms with Gasteiger partial charge in [-0.05, 0) is 36.6 Å². The zero-order valence-corrected chi connectivity index (χ0v) is 19.0. The molecule has 0 saturated heterocycles. The number of hydrogen-bond acceptors (Lipinski definition) is 6. The summed E-state index contributed by atoms with van der Waals surface area (Å²) in [6, 6.07) is 12.2. The smallest absolute Gasteiger partial charge is 0.326 e. The summed E-state index contributed by atoms with van der Waals surface area (Å²) in [5, 5.41) is 25.2. The van der Waals surface area contributed by atoms with E-state index in [1.54, 1.807) is 48.5 Å². The van der Waals surface area contributed by atoms with Crippen LogP contribution in [0.15, 0.2) is 58.5 Å². The molecule has 1 aliphatic rings. The number of carbonyl (C=O) groups excluding carboxylic acids is 2. The van der Waals surface area contributed by atoms with Gasteiger partial charge in [-0.1, -0.05) is 30.3 Å². The zero-order valence-electron chi connectivity index (χ0n) is 19.0. The number of nitrogens with one attached hydrogen (secondary N) is 2. The lowest BCUT2D eigenvalue weighted by Gasteiger charge is -2.16. The minimum atomic E-state index is -1.23. The Labute approximate surface area is 202 Å². The molecule has 1 aliphatic heterocycles. The molecular weight excluding hydrogens is 452 g/mol. The molecule has 8 N–H and O–H groups in total. The fraction of sp³-hybridized carbons (Fsp3) is 0.292. The number of aliphatic hydroxyl groups is 1. The van der Waals surface area contributed by atoms with E-state index in [1.807, 2.05) is 0 Å². The lowest BCUT2D eigenvalue weighted by atomic mass is 10.0. The van der Waals surface area contributed by atoms with Crippen LogP contribution >= 0.6 is 0 Å². The van der Waals surface area contributed by atoms with Crippen molar-refractivity contribution < 1.29 is 24.6 Å². The van der Waals surface area contributed by atoms with Crippen molar-refractivity contribution in [1.29, 1.82) is 0 Å². The van der Waals surface area contributed by atoms with Gasteiger partial charge in [0.1, 0.15) is 17.9 Å². The molecule has 0 aliphatic carbocycles. The number of unbranched alkanes of at least 4 members (excludes halogenated alkanes) is 1. The number of hydrogen-bond donors (Lipinski definition) is 6. The molecule has 2 aromatic rings. The predicted molar refractivity (Wildman–Crippen MR) is 131 cm³/mol. The lowest BCUT2D eigenvalue weighted by molar-refractivity contribution is -0.141. The van der Waals surface area contributed by atoms with E-state index in [4.69, 9.17) is 11.5 Å². The van der Waals surface area contributed by atoms with E-state index in [9.17, 15) is 24.6 Å². The number of benzene rings is 2. The van der Waals surface area contributed by atoms with E-state index < -0.39 is 24.0 Å². The minimum Gasteiger partial charge on any atom is -0.480 e. The largest absolute Gasteiger partial charge is 0.480 e. The fourth-order valence-electron chi connectivity index (χ4n) is 3.55. The first-order chi connectivity index (χ1) is 16.7. The van der Waals surface area contributed by atoms with E-state index in [0.29, 0.717) is 48.3 Å². The number of aliphatic carboxylic acids is 1. The minimum absolute atomic E-state index is 0.0103. The molecular formula is C24H28N6O5. The highest BCUT2D eigenvalue weighted by Crippen LogP contribution is 2.33. The summed E-state index contributed by atoms with van der Waals surface area (Å²) < 4.78 is 0. The number of carboxylic acid groups (broad SMARTS) is 1. The standard InChI is InChI=1S/C24H28N6O5/c25-24(26)27-12-4-3-7-19(31)28-15-10-8-14(9-11-15)13-18(23(34)35)30-22(33)20-21(32)16-5-1-2-6-17(16)29-20/h1-2,5-6,8-11,18,21,32H,3-4,7,12-13H2,(H,28,31)(H,30,33)(H,34,35)(H4,25,26,27)/t18-,21?/m0/s1. The summed E-state index contributed by atoms with van der Waals surface area (Å²) in [6.45, 7) is 0.463. The molecule has 0 bridgehead atoms. The summed E-state index contributed by atoms with van der Waals surface area (Å²) in [5.74, 6) is -2.10. The third-order valence-electron chi connectivity index (χ3n) is 5.35. The Bertz CT molecular complexity index is 1140. The lowest BCUT2D eigenvalue weighted by Crippen LogP contribution is -2.46. The summed E-state index contributed by atoms with van der Waals surface area (Å²) in [6.07, 6.45) is 0.425. The highest BCUT2D eigenvalue weighted by molar-refractivity contribution is 6.42. The third kappa shape index (κ3) is 7.11. The highest BCUT2D eigenvalue weighted by atomic mass is 16.4. The quantitative estimate of drug-likeness (QED) is 0.157. The van der Waals surface area contributed by atoms with Gasteiger partial charge in [0.15, 0.2) is 5.96 Å². The first kappa shape index (κ1) is 25.4. The molecule has 3 rings (SSSR count). The van der Waals surface area contributed by atoms with E-state index in [-0.39, 0.29) is 24.0 Å². The van der Waals surface area contributed by atoms with Gasteiger partial charge in [0.25, 0.3) is 5.91 Å². The van der Waals surface area contributed by atoms with Crippen molar-refractivity contribution in [2.24, 2.45) is 21.5 Å². The molecule has 2 amide bonds. The van der Waals surface area contributed by atoms with Crippen molar-refractivity contribution in [3.05, 3.63) is 59.7 Å². The average molecular weight is 481 g/mol. The Morgan fingerprint density at radius 1 is 1.06 bits per heavy atom. The van der Waals surface area contributed by atoms with Crippen LogP contribution in [0.4, 0.5) is 11.4 Å². The predicted octanol–water partition coefficient (Wildman–Crippen LogP) is 1.00. The number of aliphatic imine (C=N–C) groups is 2. The summed E-state index contributed by atoms with van der Waals surface area (Å²) in [4.78, 5) is 44.4. The first-order valence-electron chi connectivity index (χ1n) is 11.1. The van der Waals surface area contributed by atoms with E-state index in [1.165, 1.54) is 0 Å². The molecule has 1 unspecified atom stereocenters. The molecule has 0 spiro atoms. The van der Waals surface area contributed by atoms with E-state index >= 15 is 0 Å². The first-order valence-corrected chi connectivity index (χ1v) is 11.1. The van der Waals surface area contributed by atoms with Gasteiger partial charge < -0.3 is 32.3 Å². The van der Waals surface area contributed by atoms with Gasteiger partial charge in [-0.25, -0.2) is 9.79 Å². The van der Waals surface area contributed by atoms with E-state index in [2.05, 4.69) is 20.6 Å². The highest BCUT2D eigenvalue weighted by Gasteiger charge is 2.32. The summed E-state index contributed by atoms with van der Waals surface area (Å²) in [7, 11) is 0. The molecule has 11 nitrogen and oxygen atoms in total. The number of para-hydroxylation sites is 1. The van der Waals surface area contributed by atoms with Gasteiger partial charge in [-0.2, -0.15) is 0 Å². The third-order valence-corrected chi connectivity index (χ3v) is 5.35. The Hall–Kier alpha value is -4.25. The van der Waals surface area contributed by atoms with Crippen LogP contribution in [0.1, 0.15) is 36.5 Å². The molecule has 35 heavy (non-hydrogen) atoms. The normalized spacial score (nSPS) is 14.9. The topological polar surface area (TPSA) is 192 Å². The van der Waals surface area contributed by atoms with Crippen LogP contribution in [0.25, 0.3) is 0 Å². The number of aliphatic hydroxyl groups excluding tert-OH is 1. The van der Waals surface area contributed by atoms with Gasteiger partial charge in [-0.3, -0.25) is 14.6 Å². The van der Waals surface area contributed by atoms with Gasteiger partial charge in [-0.15, -0.1) is 0 Å². The molecule has 1 heterocycles. The number of carbonyl (C=O) groups is 3. The van der Waals surface area contributed by atoms with Crippen LogP contribution in [0.2, 0.25) is 0 Å². The summed E-state index contributed by atoms with van der Waals surface area (Å²) in [5.41, 5.74) is 12.5. The molecule has 0 saturated carbocycles. The Morgan fingerprint density at radius 3 is 2.43 bits per heavy atom. The molecule has 184 valence electrons. The maximum atomic E-state index is 12.6. The van der Waals surface area contributed by atoms with Gasteiger partial charge in [0.05, 0.1) is 5.69 Å². The SMILES string of the molecule is NC(N)=NCCCCC(=O)Nc1ccc(C[C@H](NC(=O)C2=Nc3ccccc3C2O)C(=O)O)cc1.